The third-order valence-electron chi connectivity index (χ3n) is 5.93. The summed E-state index contributed by atoms with van der Waals surface area (Å²) in [6, 6.07) is 0.612. The van der Waals surface area contributed by atoms with Crippen LogP contribution in [0, 0.1) is 11.8 Å². The summed E-state index contributed by atoms with van der Waals surface area (Å²) in [5.74, 6) is 1.55. The Morgan fingerprint density at radius 3 is 2.68 bits per heavy atom. The number of hydrogen-bond donors (Lipinski definition) is 1. The van der Waals surface area contributed by atoms with E-state index in [2.05, 4.69) is 35.0 Å². The number of rotatable bonds is 3. The van der Waals surface area contributed by atoms with Crippen LogP contribution in [0.5, 0.6) is 0 Å². The molecular formula is C18H31N3O. The van der Waals surface area contributed by atoms with E-state index in [1.165, 1.54) is 19.4 Å². The summed E-state index contributed by atoms with van der Waals surface area (Å²) >= 11 is 0. The molecule has 0 radical (unpaired) electrons. The molecule has 0 aromatic rings. The maximum Gasteiger partial charge on any atom is 0.317 e. The van der Waals surface area contributed by atoms with Crippen molar-refractivity contribution in [2.24, 2.45) is 11.8 Å². The molecule has 0 aromatic carbocycles. The van der Waals surface area contributed by atoms with E-state index >= 15 is 0 Å². The van der Waals surface area contributed by atoms with Crippen molar-refractivity contribution >= 4 is 6.03 Å². The van der Waals surface area contributed by atoms with Gasteiger partial charge in [-0.3, -0.25) is 0 Å². The highest BCUT2D eigenvalue weighted by Crippen LogP contribution is 2.31. The van der Waals surface area contributed by atoms with Crippen molar-refractivity contribution in [1.82, 2.24) is 15.1 Å². The van der Waals surface area contributed by atoms with E-state index in [1.807, 2.05) is 0 Å². The van der Waals surface area contributed by atoms with Gasteiger partial charge in [0.25, 0.3) is 0 Å². The van der Waals surface area contributed by atoms with E-state index in [-0.39, 0.29) is 6.03 Å². The Morgan fingerprint density at radius 2 is 2.00 bits per heavy atom. The molecule has 0 unspecified atom stereocenters. The Balaban J connectivity index is 1.50. The van der Waals surface area contributed by atoms with Crippen LogP contribution in [-0.2, 0) is 0 Å². The van der Waals surface area contributed by atoms with E-state index in [0.717, 1.165) is 57.3 Å². The van der Waals surface area contributed by atoms with Gasteiger partial charge in [0.1, 0.15) is 0 Å². The number of carbonyl (C=O) groups excluding carboxylic acids is 1. The molecule has 4 heteroatoms. The van der Waals surface area contributed by atoms with Crippen molar-refractivity contribution < 1.29 is 4.79 Å². The Morgan fingerprint density at radius 1 is 1.23 bits per heavy atom. The second-order valence-corrected chi connectivity index (χ2v) is 7.42. The van der Waals surface area contributed by atoms with Crippen LogP contribution >= 0.6 is 0 Å². The molecule has 124 valence electrons. The molecule has 2 heterocycles. The number of allylic oxidation sites excluding steroid dienone is 1. The van der Waals surface area contributed by atoms with E-state index in [1.54, 1.807) is 5.57 Å². The van der Waals surface area contributed by atoms with Gasteiger partial charge in [0.2, 0.25) is 0 Å². The molecule has 2 saturated heterocycles. The van der Waals surface area contributed by atoms with Crippen molar-refractivity contribution in [3.63, 3.8) is 0 Å². The molecule has 2 atom stereocenters. The van der Waals surface area contributed by atoms with Crippen LogP contribution < -0.4 is 5.32 Å². The normalized spacial score (nSPS) is 31.8. The van der Waals surface area contributed by atoms with Crippen LogP contribution in [0.3, 0.4) is 0 Å². The molecule has 2 amide bonds. The average molecular weight is 305 g/mol. The minimum absolute atomic E-state index is 0.157. The SMILES string of the molecule is CC1=CCC[C@H](C)[C@@H]1CN1CCC(N2CCCNC2=O)CC1. The minimum Gasteiger partial charge on any atom is -0.338 e. The number of carbonyl (C=O) groups is 1. The Hall–Kier alpha value is -1.03. The molecule has 4 nitrogen and oxygen atoms in total. The highest BCUT2D eigenvalue weighted by atomic mass is 16.2. The predicted octanol–water partition coefficient (Wildman–Crippen LogP) is 2.86. The highest BCUT2D eigenvalue weighted by molar-refractivity contribution is 5.75. The van der Waals surface area contributed by atoms with Gasteiger partial charge in [-0.25, -0.2) is 4.79 Å². The summed E-state index contributed by atoms with van der Waals surface area (Å²) in [6.45, 7) is 10.0. The maximum atomic E-state index is 12.0. The fourth-order valence-corrected chi connectivity index (χ4v) is 4.39. The van der Waals surface area contributed by atoms with Crippen LogP contribution in [0.25, 0.3) is 0 Å². The Labute approximate surface area is 134 Å². The van der Waals surface area contributed by atoms with Gasteiger partial charge < -0.3 is 15.1 Å². The maximum absolute atomic E-state index is 12.0. The second kappa shape index (κ2) is 7.03. The summed E-state index contributed by atoms with van der Waals surface area (Å²) in [7, 11) is 0. The van der Waals surface area contributed by atoms with Gasteiger partial charge >= 0.3 is 6.03 Å². The zero-order valence-electron chi connectivity index (χ0n) is 14.2. The number of urea groups is 1. The summed E-state index contributed by atoms with van der Waals surface area (Å²) < 4.78 is 0. The monoisotopic (exact) mass is 305 g/mol. The van der Waals surface area contributed by atoms with Crippen molar-refractivity contribution in [2.75, 3.05) is 32.7 Å². The van der Waals surface area contributed by atoms with Crippen LogP contribution in [-0.4, -0.2) is 54.6 Å². The largest absolute Gasteiger partial charge is 0.338 e. The first-order valence-corrected chi connectivity index (χ1v) is 9.08. The smallest absolute Gasteiger partial charge is 0.317 e. The summed E-state index contributed by atoms with van der Waals surface area (Å²) in [4.78, 5) is 16.7. The van der Waals surface area contributed by atoms with Crippen molar-refractivity contribution in [3.8, 4) is 0 Å². The van der Waals surface area contributed by atoms with Gasteiger partial charge in [0.05, 0.1) is 0 Å². The Bertz CT molecular complexity index is 426. The first kappa shape index (κ1) is 15.9. The standard InChI is InChI=1S/C18H31N3O/c1-14-5-3-6-15(2)17(14)13-20-11-7-16(8-12-20)21-10-4-9-19-18(21)22/h5,15-17H,3-4,6-13H2,1-2H3,(H,19,22)/t15-,17+/m0/s1. The molecule has 0 bridgehead atoms. The molecule has 22 heavy (non-hydrogen) atoms. The molecular weight excluding hydrogens is 274 g/mol. The average Bonchev–Trinajstić information content (AvgIpc) is 2.52. The van der Waals surface area contributed by atoms with Gasteiger partial charge in [0, 0.05) is 38.8 Å². The van der Waals surface area contributed by atoms with Gasteiger partial charge in [-0.1, -0.05) is 18.6 Å². The molecule has 0 aromatic heterocycles. The minimum atomic E-state index is 0.157. The third kappa shape index (κ3) is 3.48. The van der Waals surface area contributed by atoms with Crippen molar-refractivity contribution in [1.29, 1.82) is 0 Å². The third-order valence-corrected chi connectivity index (χ3v) is 5.93. The molecule has 3 rings (SSSR count). The van der Waals surface area contributed by atoms with Gasteiger partial charge in [-0.15, -0.1) is 0 Å². The number of amides is 2. The molecule has 1 aliphatic carbocycles. The zero-order valence-corrected chi connectivity index (χ0v) is 14.2. The van der Waals surface area contributed by atoms with E-state index < -0.39 is 0 Å². The quantitative estimate of drug-likeness (QED) is 0.814. The number of nitrogens with one attached hydrogen (secondary N) is 1. The lowest BCUT2D eigenvalue weighted by molar-refractivity contribution is 0.100. The van der Waals surface area contributed by atoms with Crippen LogP contribution in [0.2, 0.25) is 0 Å². The van der Waals surface area contributed by atoms with E-state index in [9.17, 15) is 4.79 Å². The second-order valence-electron chi connectivity index (χ2n) is 7.42. The fourth-order valence-electron chi connectivity index (χ4n) is 4.39. The summed E-state index contributed by atoms with van der Waals surface area (Å²) in [5, 5.41) is 2.98. The van der Waals surface area contributed by atoms with Gasteiger partial charge in [0.15, 0.2) is 0 Å². The Kier molecular flexibility index (Phi) is 5.07. The molecule has 2 fully saturated rings. The summed E-state index contributed by atoms with van der Waals surface area (Å²) in [5.41, 5.74) is 1.59. The first-order chi connectivity index (χ1) is 10.6. The van der Waals surface area contributed by atoms with Gasteiger partial charge in [-0.05, 0) is 50.9 Å². The number of likely N-dealkylation sites (tertiary alicyclic amines) is 1. The molecule has 3 aliphatic rings. The predicted molar refractivity (Wildman–Crippen MR) is 89.8 cm³/mol. The lowest BCUT2D eigenvalue weighted by atomic mass is 9.79. The van der Waals surface area contributed by atoms with Crippen molar-refractivity contribution in [2.45, 2.75) is 52.0 Å². The lowest BCUT2D eigenvalue weighted by Crippen LogP contribution is -2.54. The van der Waals surface area contributed by atoms with Crippen LogP contribution in [0.1, 0.15) is 46.0 Å². The molecule has 0 saturated carbocycles. The first-order valence-electron chi connectivity index (χ1n) is 9.08. The van der Waals surface area contributed by atoms with Gasteiger partial charge in [-0.2, -0.15) is 0 Å². The molecule has 0 spiro atoms. The fraction of sp³-hybridized carbons (Fsp3) is 0.833. The van der Waals surface area contributed by atoms with Crippen LogP contribution in [0.4, 0.5) is 4.79 Å². The lowest BCUT2D eigenvalue weighted by Gasteiger charge is -2.42. The number of piperidine rings is 1. The van der Waals surface area contributed by atoms with Crippen LogP contribution in [0.15, 0.2) is 11.6 Å². The van der Waals surface area contributed by atoms with Crippen molar-refractivity contribution in [3.05, 3.63) is 11.6 Å². The van der Waals surface area contributed by atoms with E-state index in [4.69, 9.17) is 0 Å². The molecule has 1 N–H and O–H groups in total. The topological polar surface area (TPSA) is 35.6 Å². The zero-order chi connectivity index (χ0) is 15.5. The summed E-state index contributed by atoms with van der Waals surface area (Å²) in [6.07, 6.45) is 8.40. The number of hydrogen-bond acceptors (Lipinski definition) is 2. The molecule has 2 aliphatic heterocycles. The van der Waals surface area contributed by atoms with E-state index in [0.29, 0.717) is 6.04 Å². The highest BCUT2D eigenvalue weighted by Gasteiger charge is 2.31. The number of nitrogens with zero attached hydrogens (tertiary/aromatic N) is 2.